The Morgan fingerprint density at radius 1 is 0.297 bits per heavy atom. The molecule has 0 aromatic carbocycles. The molecule has 0 aromatic heterocycles. The van der Waals surface area contributed by atoms with E-state index in [-0.39, 0.29) is 26.2 Å². The van der Waals surface area contributed by atoms with Crippen molar-refractivity contribution < 1.29 is 27.1 Å². The van der Waals surface area contributed by atoms with Gasteiger partial charge in [0.2, 0.25) is 0 Å². The largest absolute Gasteiger partial charge is 3.00 e. The summed E-state index contributed by atoms with van der Waals surface area (Å²) in [6, 6.07) is 0. The molecule has 2 radical (unpaired) electrons. The molecular formula is C48H102BiO6P3S6. The van der Waals surface area contributed by atoms with Gasteiger partial charge in [-0.15, -0.1) is 0 Å². The van der Waals surface area contributed by atoms with E-state index >= 15 is 0 Å². The van der Waals surface area contributed by atoms with Crippen molar-refractivity contribution in [1.29, 1.82) is 0 Å². The fourth-order valence-corrected chi connectivity index (χ4v) is 11.5. The van der Waals surface area contributed by atoms with Crippen LogP contribution in [0.15, 0.2) is 0 Å². The molecular weight excluding hydrogens is 1170 g/mol. The molecule has 64 heavy (non-hydrogen) atoms. The normalized spacial score (nSPS) is 17.1. The van der Waals surface area contributed by atoms with Crippen molar-refractivity contribution in [2.75, 3.05) is 39.6 Å². The predicted octanol–water partition coefficient (Wildman–Crippen LogP) is 18.3. The average molecular weight is 1270 g/mol. The van der Waals surface area contributed by atoms with Gasteiger partial charge in [0.1, 0.15) is 0 Å². The van der Waals surface area contributed by atoms with Crippen LogP contribution in [0, 0.1) is 35.5 Å². The number of hydrogen-bond acceptors (Lipinski definition) is 12. The van der Waals surface area contributed by atoms with Crippen molar-refractivity contribution in [2.45, 2.75) is 237 Å². The Bertz CT molecular complexity index is 931. The minimum absolute atomic E-state index is 0. The maximum atomic E-state index is 5.80. The van der Waals surface area contributed by atoms with Gasteiger partial charge in [0, 0.05) is 0 Å². The molecule has 386 valence electrons. The van der Waals surface area contributed by atoms with Crippen LogP contribution in [0.5, 0.6) is 0 Å². The van der Waals surface area contributed by atoms with Gasteiger partial charge in [0.05, 0.1) is 56.7 Å². The first-order valence-electron chi connectivity index (χ1n) is 25.8. The van der Waals surface area contributed by atoms with Gasteiger partial charge < -0.3 is 63.9 Å². The molecule has 0 heterocycles. The summed E-state index contributed by atoms with van der Waals surface area (Å²) in [5.41, 5.74) is -7.42. The molecule has 6 nitrogen and oxygen atoms in total. The van der Waals surface area contributed by atoms with Crippen LogP contribution in [0.1, 0.15) is 237 Å². The zero-order valence-corrected chi connectivity index (χ0v) is 54.4. The standard InChI is InChI=1S/3C16H35O2PS2.Bi/c3*1-5-9-11-15(7-3)13-17-19(20,21)18-14-16(8-4)12-10-6-2;/h3*15-16H,5-14H2,1-4H3,(H,20,21);/q;;;+3/p-3. The van der Waals surface area contributed by atoms with Gasteiger partial charge in [0.25, 0.3) is 0 Å². The second kappa shape index (κ2) is 50.2. The van der Waals surface area contributed by atoms with Crippen molar-refractivity contribution in [3.05, 3.63) is 0 Å². The summed E-state index contributed by atoms with van der Waals surface area (Å²) in [5, 5.41) is 0. The summed E-state index contributed by atoms with van der Waals surface area (Å²) in [7, 11) is 0. The molecule has 6 atom stereocenters. The number of rotatable bonds is 42. The van der Waals surface area contributed by atoms with Crippen LogP contribution >= 0.6 is 17.1 Å². The topological polar surface area (TPSA) is 55.4 Å². The Labute approximate surface area is 450 Å². The third-order valence-electron chi connectivity index (χ3n) is 12.1. The Kier molecular flexibility index (Phi) is 58.2. The summed E-state index contributed by atoms with van der Waals surface area (Å²) in [5.74, 6) is 3.42. The van der Waals surface area contributed by atoms with Crippen molar-refractivity contribution in [1.82, 2.24) is 0 Å². The van der Waals surface area contributed by atoms with Crippen LogP contribution in [0.3, 0.4) is 0 Å². The summed E-state index contributed by atoms with van der Waals surface area (Å²) in [6.45, 7) is 30.5. The first-order valence-corrected chi connectivity index (χ1v) is 36.7. The Hall–Kier alpha value is 3.64. The Balaban J connectivity index is -0.000000419. The molecule has 0 aliphatic heterocycles. The monoisotopic (exact) mass is 1270 g/mol. The maximum absolute atomic E-state index is 5.80. The minimum atomic E-state index is -2.47. The number of hydrogen-bond donors (Lipinski definition) is 0. The second-order valence-corrected chi connectivity index (χ2v) is 32.6. The van der Waals surface area contributed by atoms with E-state index < -0.39 is 17.1 Å². The molecule has 0 bridgehead atoms. The van der Waals surface area contributed by atoms with E-state index in [1.165, 1.54) is 116 Å². The minimum Gasteiger partial charge on any atom is -0.691 e. The van der Waals surface area contributed by atoms with Gasteiger partial charge in [0.15, 0.2) is 0 Å². The van der Waals surface area contributed by atoms with E-state index in [1.54, 1.807) is 0 Å². The van der Waals surface area contributed by atoms with Crippen LogP contribution < -0.4 is 0 Å². The summed E-state index contributed by atoms with van der Waals surface area (Å²) in [6.07, 6.45) is 28.8. The zero-order chi connectivity index (χ0) is 48.4. The Morgan fingerprint density at radius 2 is 0.422 bits per heavy atom. The van der Waals surface area contributed by atoms with Crippen molar-refractivity contribution in [2.24, 2.45) is 35.5 Å². The van der Waals surface area contributed by atoms with Gasteiger partial charge in [-0.25, -0.2) is 0 Å². The third kappa shape index (κ3) is 47.9. The second-order valence-electron chi connectivity index (χ2n) is 17.6. The smallest absolute Gasteiger partial charge is 0.691 e. The van der Waals surface area contributed by atoms with E-state index in [9.17, 15) is 0 Å². The molecule has 0 rings (SSSR count). The van der Waals surface area contributed by atoms with Gasteiger partial charge in [-0.05, 0) is 74.0 Å². The molecule has 6 unspecified atom stereocenters. The van der Waals surface area contributed by atoms with Crippen molar-refractivity contribution >= 4 is 115 Å². The maximum Gasteiger partial charge on any atom is 3.00 e. The molecule has 0 aromatic rings. The summed E-state index contributed by atoms with van der Waals surface area (Å²) in [4.78, 5) is 0. The van der Waals surface area contributed by atoms with Gasteiger partial charge in [-0.1, -0.05) is 234 Å². The molecule has 0 saturated carbocycles. The molecule has 0 spiro atoms. The zero-order valence-electron chi connectivity index (χ0n) is 43.4. The van der Waals surface area contributed by atoms with Gasteiger partial charge in [-0.2, -0.15) is 0 Å². The average Bonchev–Trinajstić information content (AvgIpc) is 3.27. The van der Waals surface area contributed by atoms with E-state index in [0.29, 0.717) is 75.1 Å². The third-order valence-corrected chi connectivity index (χ3v) is 18.7. The van der Waals surface area contributed by atoms with E-state index in [1.807, 2.05) is 0 Å². The van der Waals surface area contributed by atoms with Crippen LogP contribution in [0.25, 0.3) is 0 Å². The quantitative estimate of drug-likeness (QED) is 0.0332. The van der Waals surface area contributed by atoms with Gasteiger partial charge in [-0.3, -0.25) is 0 Å². The molecule has 0 fully saturated rings. The first-order chi connectivity index (χ1) is 30.0. The number of unbranched alkanes of at least 4 members (excludes halogenated alkanes) is 6. The van der Waals surface area contributed by atoms with E-state index in [2.05, 4.69) is 83.1 Å². The predicted molar refractivity (Wildman–Crippen MR) is 306 cm³/mol. The fourth-order valence-electron chi connectivity index (χ4n) is 6.68. The molecule has 0 aliphatic carbocycles. The first kappa shape index (κ1) is 74.2. The van der Waals surface area contributed by atoms with Crippen LogP contribution in [0.4, 0.5) is 0 Å². The SMILES string of the molecule is CCCCC(CC)COP(=S)([S-])OCC(CC)CCCC.CCCCC(CC)COP(=S)([S-])OCC(CC)CCCC.CCCCC(CC)COP(=S)([S-])OCC(CC)CCCC.[Bi+3]. The van der Waals surface area contributed by atoms with Gasteiger partial charge >= 0.3 is 26.2 Å². The molecule has 0 N–H and O–H groups in total. The summed E-state index contributed by atoms with van der Waals surface area (Å²) >= 11 is 32.3. The van der Waals surface area contributed by atoms with Crippen molar-refractivity contribution in [3.8, 4) is 0 Å². The van der Waals surface area contributed by atoms with Crippen LogP contribution in [-0.2, 0) is 99.3 Å². The van der Waals surface area contributed by atoms with Crippen LogP contribution in [0.2, 0.25) is 0 Å². The van der Waals surface area contributed by atoms with Crippen molar-refractivity contribution in [3.63, 3.8) is 0 Å². The Morgan fingerprint density at radius 3 is 0.516 bits per heavy atom. The fraction of sp³-hybridized carbons (Fsp3) is 1.00. The molecule has 0 aliphatic rings. The molecule has 0 saturated heterocycles. The molecule has 0 amide bonds. The van der Waals surface area contributed by atoms with E-state index in [0.717, 1.165) is 38.5 Å². The van der Waals surface area contributed by atoms with E-state index in [4.69, 9.17) is 99.3 Å². The van der Waals surface area contributed by atoms with Crippen LogP contribution in [-0.4, -0.2) is 65.8 Å². The molecule has 16 heteroatoms. The summed E-state index contributed by atoms with van der Waals surface area (Å²) < 4.78 is 34.8.